The van der Waals surface area contributed by atoms with Crippen LogP contribution in [-0.4, -0.2) is 43.4 Å². The van der Waals surface area contributed by atoms with Gasteiger partial charge in [0, 0.05) is 29.5 Å². The molecule has 3 rings (SSSR count). The Morgan fingerprint density at radius 2 is 1.79 bits per heavy atom. The van der Waals surface area contributed by atoms with Gasteiger partial charge in [-0.05, 0) is 50.2 Å². The Morgan fingerprint density at radius 3 is 2.36 bits per heavy atom. The highest BCUT2D eigenvalue weighted by Gasteiger charge is 2.55. The number of amides is 2. The van der Waals surface area contributed by atoms with E-state index < -0.39 is 5.91 Å². The van der Waals surface area contributed by atoms with E-state index in [1.54, 1.807) is 12.1 Å². The maximum Gasteiger partial charge on any atom is 0.248 e. The smallest absolute Gasteiger partial charge is 0.248 e. The topological polar surface area (TPSA) is 75.4 Å². The summed E-state index contributed by atoms with van der Waals surface area (Å²) in [5.41, 5.74) is 8.09. The third-order valence-electron chi connectivity index (χ3n) is 5.94. The molecule has 0 heterocycles. The number of carbonyl (C=O) groups excluding carboxylic acids is 2. The van der Waals surface area contributed by atoms with Crippen LogP contribution in [0.2, 0.25) is 0 Å². The van der Waals surface area contributed by atoms with Crippen LogP contribution >= 0.6 is 0 Å². The molecule has 148 valence electrons. The molecule has 5 heteroatoms. The molecule has 1 aliphatic carbocycles. The summed E-state index contributed by atoms with van der Waals surface area (Å²) in [6, 6.07) is 17.8. The van der Waals surface area contributed by atoms with Crippen LogP contribution in [0.1, 0.15) is 34.8 Å². The molecule has 1 saturated carbocycles. The van der Waals surface area contributed by atoms with Gasteiger partial charge in [0.1, 0.15) is 0 Å². The molecule has 0 radical (unpaired) electrons. The van der Waals surface area contributed by atoms with Gasteiger partial charge in [0.2, 0.25) is 11.8 Å². The minimum atomic E-state index is -0.422. The van der Waals surface area contributed by atoms with Gasteiger partial charge in [-0.2, -0.15) is 0 Å². The monoisotopic (exact) mass is 379 g/mol. The number of rotatable bonds is 8. The van der Waals surface area contributed by atoms with Gasteiger partial charge in [-0.1, -0.05) is 49.4 Å². The van der Waals surface area contributed by atoms with Crippen LogP contribution in [0.3, 0.4) is 0 Å². The Hall–Kier alpha value is -2.66. The number of primary amides is 1. The van der Waals surface area contributed by atoms with E-state index in [0.29, 0.717) is 12.1 Å². The van der Waals surface area contributed by atoms with Crippen molar-refractivity contribution in [3.63, 3.8) is 0 Å². The molecule has 0 aliphatic heterocycles. The first kappa shape index (κ1) is 20.1. The van der Waals surface area contributed by atoms with Crippen molar-refractivity contribution in [3.05, 3.63) is 71.3 Å². The van der Waals surface area contributed by atoms with E-state index in [1.165, 1.54) is 5.56 Å². The summed E-state index contributed by atoms with van der Waals surface area (Å²) < 4.78 is 0. The van der Waals surface area contributed by atoms with Crippen LogP contribution < -0.4 is 11.1 Å². The van der Waals surface area contributed by atoms with Crippen LogP contribution in [0.25, 0.3) is 0 Å². The molecule has 0 aromatic heterocycles. The third kappa shape index (κ3) is 4.42. The van der Waals surface area contributed by atoms with E-state index in [0.717, 1.165) is 18.4 Å². The van der Waals surface area contributed by atoms with Crippen LogP contribution in [0.4, 0.5) is 0 Å². The first-order valence-corrected chi connectivity index (χ1v) is 9.69. The predicted molar refractivity (Wildman–Crippen MR) is 111 cm³/mol. The van der Waals surface area contributed by atoms with Crippen molar-refractivity contribution in [2.45, 2.75) is 31.2 Å². The molecule has 2 amide bonds. The largest absolute Gasteiger partial charge is 0.366 e. The summed E-state index contributed by atoms with van der Waals surface area (Å²) in [6.45, 7) is 2.75. The van der Waals surface area contributed by atoms with Crippen molar-refractivity contribution in [2.24, 2.45) is 11.7 Å². The summed E-state index contributed by atoms with van der Waals surface area (Å²) in [4.78, 5) is 26.0. The highest BCUT2D eigenvalue weighted by atomic mass is 16.2. The van der Waals surface area contributed by atoms with Crippen molar-refractivity contribution in [3.8, 4) is 0 Å². The molecule has 1 unspecified atom stereocenters. The Labute approximate surface area is 166 Å². The second-order valence-electron chi connectivity index (χ2n) is 8.17. The lowest BCUT2D eigenvalue weighted by molar-refractivity contribution is -0.122. The van der Waals surface area contributed by atoms with Crippen LogP contribution in [0.15, 0.2) is 54.6 Å². The fourth-order valence-corrected chi connectivity index (χ4v) is 3.74. The summed E-state index contributed by atoms with van der Waals surface area (Å²) in [7, 11) is 4.03. The molecule has 28 heavy (non-hydrogen) atoms. The zero-order chi connectivity index (χ0) is 20.3. The number of benzene rings is 2. The predicted octanol–water partition coefficient (Wildman–Crippen LogP) is 2.35. The fraction of sp³-hybridized carbons (Fsp3) is 0.391. The Bertz CT molecular complexity index is 833. The van der Waals surface area contributed by atoms with E-state index in [4.69, 9.17) is 5.73 Å². The van der Waals surface area contributed by atoms with Crippen LogP contribution in [0, 0.1) is 5.92 Å². The molecule has 3 atom stereocenters. The molecule has 0 bridgehead atoms. The molecule has 1 aliphatic rings. The van der Waals surface area contributed by atoms with Gasteiger partial charge in [0.15, 0.2) is 0 Å². The van der Waals surface area contributed by atoms with Gasteiger partial charge in [-0.3, -0.25) is 9.59 Å². The van der Waals surface area contributed by atoms with Crippen molar-refractivity contribution >= 4 is 11.8 Å². The lowest BCUT2D eigenvalue weighted by Gasteiger charge is -2.25. The lowest BCUT2D eigenvalue weighted by Crippen LogP contribution is -2.42. The maximum atomic E-state index is 12.7. The number of hydrogen-bond donors (Lipinski definition) is 2. The Kier molecular flexibility index (Phi) is 5.84. The molecule has 2 aromatic carbocycles. The first-order chi connectivity index (χ1) is 13.3. The van der Waals surface area contributed by atoms with Gasteiger partial charge in [0.05, 0.1) is 0 Å². The van der Waals surface area contributed by atoms with Crippen molar-refractivity contribution in [1.82, 2.24) is 10.2 Å². The zero-order valence-corrected chi connectivity index (χ0v) is 16.8. The van der Waals surface area contributed by atoms with E-state index >= 15 is 0 Å². The lowest BCUT2D eigenvalue weighted by atomic mass is 9.95. The molecule has 0 spiro atoms. The van der Waals surface area contributed by atoms with Crippen LogP contribution in [-0.2, 0) is 16.6 Å². The summed E-state index contributed by atoms with van der Waals surface area (Å²) in [6.07, 6.45) is 1.68. The number of nitrogens with one attached hydrogen (secondary N) is 1. The van der Waals surface area contributed by atoms with E-state index in [-0.39, 0.29) is 23.3 Å². The third-order valence-corrected chi connectivity index (χ3v) is 5.94. The molecule has 5 nitrogen and oxygen atoms in total. The summed E-state index contributed by atoms with van der Waals surface area (Å²) in [5.74, 6) is -0.260. The van der Waals surface area contributed by atoms with Crippen molar-refractivity contribution < 1.29 is 9.59 Å². The second kappa shape index (κ2) is 8.15. The van der Waals surface area contributed by atoms with Crippen molar-refractivity contribution in [2.75, 3.05) is 20.6 Å². The van der Waals surface area contributed by atoms with Crippen molar-refractivity contribution in [1.29, 1.82) is 0 Å². The Morgan fingerprint density at radius 1 is 1.14 bits per heavy atom. The van der Waals surface area contributed by atoms with Gasteiger partial charge < -0.3 is 16.0 Å². The van der Waals surface area contributed by atoms with Gasteiger partial charge in [-0.15, -0.1) is 0 Å². The van der Waals surface area contributed by atoms with Gasteiger partial charge >= 0.3 is 0 Å². The minimum Gasteiger partial charge on any atom is -0.366 e. The quantitative estimate of drug-likeness (QED) is 0.739. The highest BCUT2D eigenvalue weighted by molar-refractivity contribution is 5.92. The molecule has 1 fully saturated rings. The number of likely N-dealkylation sites (N-methyl/N-ethyl adjacent to an activating group) is 1. The first-order valence-electron chi connectivity index (χ1n) is 9.69. The molecule has 3 N–H and O–H groups in total. The summed E-state index contributed by atoms with van der Waals surface area (Å²) in [5, 5.41) is 3.15. The molecule has 2 aromatic rings. The van der Waals surface area contributed by atoms with E-state index in [2.05, 4.69) is 29.3 Å². The standard InChI is InChI=1S/C23H29N3O2/c1-23(18-7-5-4-6-8-18)14-20(23)22(28)25-15-19(26(2)3)13-16-9-11-17(12-10-16)21(24)27/h4-12,19-20H,13-15H2,1-3H3,(H2,24,27)(H,25,28)/t19-,20?,23-/m0/s1. The van der Waals surface area contributed by atoms with Crippen LogP contribution in [0.5, 0.6) is 0 Å². The average molecular weight is 380 g/mol. The Balaban J connectivity index is 1.57. The fourth-order valence-electron chi connectivity index (χ4n) is 3.74. The van der Waals surface area contributed by atoms with Gasteiger partial charge in [0.25, 0.3) is 0 Å². The number of nitrogens with two attached hydrogens (primary N) is 1. The van der Waals surface area contributed by atoms with Gasteiger partial charge in [-0.25, -0.2) is 0 Å². The molecular formula is C23H29N3O2. The normalized spacial score (nSPS) is 21.9. The van der Waals surface area contributed by atoms with E-state index in [9.17, 15) is 9.59 Å². The van der Waals surface area contributed by atoms with E-state index in [1.807, 2.05) is 44.4 Å². The maximum absolute atomic E-state index is 12.7. The number of carbonyl (C=O) groups is 2. The average Bonchev–Trinajstić information content (AvgIpc) is 3.39. The SMILES string of the molecule is CN(C)[C@H](CNC(=O)C1C[C@@]1(C)c1ccccc1)Cc1ccc(C(N)=O)cc1. The molecule has 0 saturated heterocycles. The minimum absolute atomic E-state index is 0.0348. The zero-order valence-electron chi connectivity index (χ0n) is 16.8. The number of hydrogen-bond acceptors (Lipinski definition) is 3. The molecular weight excluding hydrogens is 350 g/mol. The number of nitrogens with zero attached hydrogens (tertiary/aromatic N) is 1. The highest BCUT2D eigenvalue weighted by Crippen LogP contribution is 2.53. The summed E-state index contributed by atoms with van der Waals surface area (Å²) >= 11 is 0. The second-order valence-corrected chi connectivity index (χ2v) is 8.17.